The van der Waals surface area contributed by atoms with E-state index in [1.807, 2.05) is 12.1 Å². The Hall–Kier alpha value is -1.99. The zero-order chi connectivity index (χ0) is 14.7. The highest BCUT2D eigenvalue weighted by Crippen LogP contribution is 2.26. The Morgan fingerprint density at radius 1 is 1.24 bits per heavy atom. The molecule has 1 aromatic carbocycles. The van der Waals surface area contributed by atoms with Crippen LogP contribution in [0.2, 0.25) is 0 Å². The molecule has 1 aliphatic rings. The van der Waals surface area contributed by atoms with E-state index < -0.39 is 0 Å². The first-order valence-corrected chi connectivity index (χ1v) is 8.16. The van der Waals surface area contributed by atoms with Crippen molar-refractivity contribution in [2.24, 2.45) is 0 Å². The van der Waals surface area contributed by atoms with E-state index in [1.54, 1.807) is 11.3 Å². The standard InChI is InChI=1S/C17H19N3S/c1-13-10-14(20-8-2-3-9-20)4-7-17(13)19-12-16-6-5-15(11-18)21-16/h4-7,10,19H,2-3,8-9,12H2,1H3. The van der Waals surface area contributed by atoms with Crippen LogP contribution in [0.4, 0.5) is 11.4 Å². The molecule has 3 nitrogen and oxygen atoms in total. The summed E-state index contributed by atoms with van der Waals surface area (Å²) >= 11 is 1.55. The SMILES string of the molecule is Cc1cc(N2CCCC2)ccc1NCc1ccc(C#N)s1. The fourth-order valence-electron chi connectivity index (χ4n) is 2.73. The summed E-state index contributed by atoms with van der Waals surface area (Å²) in [5.74, 6) is 0. The van der Waals surface area contributed by atoms with Gasteiger partial charge in [0.2, 0.25) is 0 Å². The largest absolute Gasteiger partial charge is 0.380 e. The first-order valence-electron chi connectivity index (χ1n) is 7.34. The molecule has 0 radical (unpaired) electrons. The third-order valence-electron chi connectivity index (χ3n) is 3.91. The summed E-state index contributed by atoms with van der Waals surface area (Å²) in [5.41, 5.74) is 3.78. The van der Waals surface area contributed by atoms with E-state index in [9.17, 15) is 0 Å². The normalized spacial score (nSPS) is 14.2. The molecule has 1 N–H and O–H groups in total. The molecule has 1 fully saturated rings. The molecule has 2 heterocycles. The first-order chi connectivity index (χ1) is 10.3. The molecule has 2 aromatic rings. The molecule has 0 bridgehead atoms. The lowest BCUT2D eigenvalue weighted by Crippen LogP contribution is -2.17. The predicted molar refractivity (Wildman–Crippen MR) is 89.0 cm³/mol. The molecule has 21 heavy (non-hydrogen) atoms. The van der Waals surface area contributed by atoms with E-state index in [2.05, 4.69) is 41.4 Å². The zero-order valence-electron chi connectivity index (χ0n) is 12.2. The second-order valence-corrected chi connectivity index (χ2v) is 6.59. The van der Waals surface area contributed by atoms with E-state index in [1.165, 1.54) is 47.7 Å². The van der Waals surface area contributed by atoms with Crippen LogP contribution >= 0.6 is 11.3 Å². The average molecular weight is 297 g/mol. The van der Waals surface area contributed by atoms with Gasteiger partial charge in [-0.1, -0.05) is 0 Å². The zero-order valence-corrected chi connectivity index (χ0v) is 13.0. The monoisotopic (exact) mass is 297 g/mol. The summed E-state index contributed by atoms with van der Waals surface area (Å²) in [6.07, 6.45) is 2.61. The van der Waals surface area contributed by atoms with Crippen molar-refractivity contribution in [3.05, 3.63) is 45.6 Å². The number of anilines is 2. The van der Waals surface area contributed by atoms with Crippen molar-refractivity contribution in [3.8, 4) is 6.07 Å². The highest BCUT2D eigenvalue weighted by atomic mass is 32.1. The molecule has 3 rings (SSSR count). The maximum Gasteiger partial charge on any atom is 0.110 e. The highest BCUT2D eigenvalue weighted by Gasteiger charge is 2.13. The van der Waals surface area contributed by atoms with Crippen LogP contribution in [-0.4, -0.2) is 13.1 Å². The summed E-state index contributed by atoms with van der Waals surface area (Å²) in [6.45, 7) is 5.28. The Bertz CT molecular complexity index is 663. The van der Waals surface area contributed by atoms with E-state index in [-0.39, 0.29) is 0 Å². The lowest BCUT2D eigenvalue weighted by molar-refractivity contribution is 0.949. The van der Waals surface area contributed by atoms with E-state index in [0.717, 1.165) is 11.4 Å². The molecule has 1 saturated heterocycles. The number of nitriles is 1. The third-order valence-corrected chi connectivity index (χ3v) is 4.90. The maximum atomic E-state index is 8.85. The van der Waals surface area contributed by atoms with Crippen molar-refractivity contribution in [2.75, 3.05) is 23.3 Å². The number of nitrogens with one attached hydrogen (secondary N) is 1. The van der Waals surface area contributed by atoms with Crippen LogP contribution in [0, 0.1) is 18.3 Å². The predicted octanol–water partition coefficient (Wildman–Crippen LogP) is 4.14. The van der Waals surface area contributed by atoms with Gasteiger partial charge in [-0.2, -0.15) is 5.26 Å². The Kier molecular flexibility index (Phi) is 4.12. The Morgan fingerprint density at radius 3 is 2.71 bits per heavy atom. The van der Waals surface area contributed by atoms with Gasteiger partial charge in [0.05, 0.1) is 0 Å². The molecule has 4 heteroatoms. The molecule has 0 amide bonds. The number of hydrogen-bond donors (Lipinski definition) is 1. The van der Waals surface area contributed by atoms with Crippen LogP contribution < -0.4 is 10.2 Å². The van der Waals surface area contributed by atoms with Gasteiger partial charge in [-0.15, -0.1) is 11.3 Å². The first kappa shape index (κ1) is 14.0. The summed E-state index contributed by atoms with van der Waals surface area (Å²) in [6, 6.07) is 12.7. The smallest absolute Gasteiger partial charge is 0.110 e. The van der Waals surface area contributed by atoms with Gasteiger partial charge in [-0.25, -0.2) is 0 Å². The Balaban J connectivity index is 1.66. The van der Waals surface area contributed by atoms with Gasteiger partial charge in [0.15, 0.2) is 0 Å². The van der Waals surface area contributed by atoms with E-state index in [0.29, 0.717) is 0 Å². The molecule has 0 aliphatic carbocycles. The summed E-state index contributed by atoms with van der Waals surface area (Å²) in [5, 5.41) is 12.3. The number of hydrogen-bond acceptors (Lipinski definition) is 4. The minimum Gasteiger partial charge on any atom is -0.380 e. The second kappa shape index (κ2) is 6.19. The molecule has 1 aromatic heterocycles. The number of rotatable bonds is 4. The van der Waals surface area contributed by atoms with Gasteiger partial charge in [0.25, 0.3) is 0 Å². The number of benzene rings is 1. The minimum atomic E-state index is 0.771. The molecule has 1 aliphatic heterocycles. The van der Waals surface area contributed by atoms with Crippen molar-refractivity contribution in [1.82, 2.24) is 0 Å². The van der Waals surface area contributed by atoms with Crippen molar-refractivity contribution >= 4 is 22.7 Å². The fraction of sp³-hybridized carbons (Fsp3) is 0.353. The van der Waals surface area contributed by atoms with Crippen LogP contribution in [0.3, 0.4) is 0 Å². The van der Waals surface area contributed by atoms with Crippen molar-refractivity contribution < 1.29 is 0 Å². The molecule has 0 atom stereocenters. The molecule has 0 spiro atoms. The molecule has 108 valence electrons. The minimum absolute atomic E-state index is 0.771. The van der Waals surface area contributed by atoms with Crippen LogP contribution in [0.15, 0.2) is 30.3 Å². The van der Waals surface area contributed by atoms with Crippen LogP contribution in [-0.2, 0) is 6.54 Å². The van der Waals surface area contributed by atoms with Crippen molar-refractivity contribution in [2.45, 2.75) is 26.3 Å². The Labute approximate surface area is 129 Å². The lowest BCUT2D eigenvalue weighted by Gasteiger charge is -2.19. The van der Waals surface area contributed by atoms with Crippen molar-refractivity contribution in [1.29, 1.82) is 5.26 Å². The number of nitrogens with zero attached hydrogens (tertiary/aromatic N) is 2. The van der Waals surface area contributed by atoms with Gasteiger partial charge in [0.1, 0.15) is 10.9 Å². The quantitative estimate of drug-likeness (QED) is 0.922. The number of aryl methyl sites for hydroxylation is 1. The van der Waals surface area contributed by atoms with Gasteiger partial charge in [0, 0.05) is 35.9 Å². The second-order valence-electron chi connectivity index (χ2n) is 5.42. The van der Waals surface area contributed by atoms with Gasteiger partial charge in [-0.3, -0.25) is 0 Å². The highest BCUT2D eigenvalue weighted by molar-refractivity contribution is 7.12. The molecule has 0 saturated carbocycles. The Morgan fingerprint density at radius 2 is 2.05 bits per heavy atom. The van der Waals surface area contributed by atoms with Gasteiger partial charge < -0.3 is 10.2 Å². The summed E-state index contributed by atoms with van der Waals surface area (Å²) < 4.78 is 0. The van der Waals surface area contributed by atoms with Gasteiger partial charge >= 0.3 is 0 Å². The van der Waals surface area contributed by atoms with Gasteiger partial charge in [-0.05, 0) is 55.7 Å². The fourth-order valence-corrected chi connectivity index (χ4v) is 3.48. The topological polar surface area (TPSA) is 39.1 Å². The number of thiophene rings is 1. The van der Waals surface area contributed by atoms with Crippen molar-refractivity contribution in [3.63, 3.8) is 0 Å². The van der Waals surface area contributed by atoms with E-state index in [4.69, 9.17) is 5.26 Å². The van der Waals surface area contributed by atoms with Crippen LogP contribution in [0.5, 0.6) is 0 Å². The van der Waals surface area contributed by atoms with Crippen LogP contribution in [0.25, 0.3) is 0 Å². The lowest BCUT2D eigenvalue weighted by atomic mass is 10.1. The average Bonchev–Trinajstić information content (AvgIpc) is 3.17. The summed E-state index contributed by atoms with van der Waals surface area (Å²) in [4.78, 5) is 4.41. The molecular formula is C17H19N3S. The summed E-state index contributed by atoms with van der Waals surface area (Å²) in [7, 11) is 0. The van der Waals surface area contributed by atoms with Crippen LogP contribution in [0.1, 0.15) is 28.2 Å². The third kappa shape index (κ3) is 3.20. The molecular weight excluding hydrogens is 278 g/mol. The maximum absolute atomic E-state index is 8.85. The molecule has 0 unspecified atom stereocenters. The van der Waals surface area contributed by atoms with E-state index >= 15 is 0 Å².